The second kappa shape index (κ2) is 7.45. The molecule has 6 heteroatoms. The Morgan fingerprint density at radius 1 is 1.11 bits per heavy atom. The fraction of sp³-hybridized carbons (Fsp3) is 0.136. The lowest BCUT2D eigenvalue weighted by molar-refractivity contribution is 0.0970. The highest BCUT2D eigenvalue weighted by atomic mass is 79.9. The van der Waals surface area contributed by atoms with Crippen LogP contribution in [-0.2, 0) is 6.54 Å². The van der Waals surface area contributed by atoms with Crippen molar-refractivity contribution in [1.29, 1.82) is 0 Å². The average Bonchev–Trinajstić information content (AvgIpc) is 3.09. The standard InChI is InChI=1S/C22H17BrN2O2S/c1-13-3-8-17(14(2)9-13)18-11-28-21-20(18)22(27)25(12-24-21)10-19(26)15-4-6-16(23)7-5-15/h3-9,11-12H,10H2,1-2H3. The summed E-state index contributed by atoms with van der Waals surface area (Å²) in [7, 11) is 0. The molecule has 2 aromatic heterocycles. The number of thiophene rings is 1. The molecule has 0 aliphatic carbocycles. The zero-order valence-corrected chi connectivity index (χ0v) is 17.8. The lowest BCUT2D eigenvalue weighted by Crippen LogP contribution is -2.24. The molecule has 140 valence electrons. The molecule has 0 saturated heterocycles. The van der Waals surface area contributed by atoms with Gasteiger partial charge in [-0.2, -0.15) is 0 Å². The van der Waals surface area contributed by atoms with E-state index in [0.29, 0.717) is 15.8 Å². The Morgan fingerprint density at radius 3 is 2.57 bits per heavy atom. The monoisotopic (exact) mass is 452 g/mol. The molecule has 0 amide bonds. The van der Waals surface area contributed by atoms with Gasteiger partial charge in [0.15, 0.2) is 5.78 Å². The van der Waals surface area contributed by atoms with Gasteiger partial charge in [-0.3, -0.25) is 14.2 Å². The number of halogens is 1. The van der Waals surface area contributed by atoms with Crippen LogP contribution in [0.5, 0.6) is 0 Å². The maximum Gasteiger partial charge on any atom is 0.263 e. The van der Waals surface area contributed by atoms with Crippen molar-refractivity contribution < 1.29 is 4.79 Å². The third kappa shape index (κ3) is 3.45. The third-order valence-electron chi connectivity index (χ3n) is 4.71. The Balaban J connectivity index is 1.77. The van der Waals surface area contributed by atoms with Crippen molar-refractivity contribution in [3.05, 3.63) is 85.7 Å². The number of hydrogen-bond acceptors (Lipinski definition) is 4. The van der Waals surface area contributed by atoms with Crippen LogP contribution >= 0.6 is 27.3 Å². The van der Waals surface area contributed by atoms with Crippen LogP contribution in [0.2, 0.25) is 0 Å². The highest BCUT2D eigenvalue weighted by Gasteiger charge is 2.16. The zero-order chi connectivity index (χ0) is 19.8. The van der Waals surface area contributed by atoms with E-state index in [4.69, 9.17) is 0 Å². The minimum absolute atomic E-state index is 0.0361. The lowest BCUT2D eigenvalue weighted by atomic mass is 9.99. The number of fused-ring (bicyclic) bond motifs is 1. The lowest BCUT2D eigenvalue weighted by Gasteiger charge is -2.08. The number of nitrogens with zero attached hydrogens (tertiary/aromatic N) is 2. The molecule has 0 bridgehead atoms. The van der Waals surface area contributed by atoms with Crippen LogP contribution in [0.4, 0.5) is 0 Å². The molecule has 4 nitrogen and oxygen atoms in total. The summed E-state index contributed by atoms with van der Waals surface area (Å²) in [6.45, 7) is 4.05. The second-order valence-corrected chi connectivity index (χ2v) is 8.53. The normalized spacial score (nSPS) is 11.1. The molecule has 2 aromatic carbocycles. The van der Waals surface area contributed by atoms with Crippen LogP contribution in [-0.4, -0.2) is 15.3 Å². The highest BCUT2D eigenvalue weighted by molar-refractivity contribution is 9.10. The number of carbonyl (C=O) groups is 1. The Labute approximate surface area is 174 Å². The number of aromatic nitrogens is 2. The van der Waals surface area contributed by atoms with Crippen molar-refractivity contribution in [2.24, 2.45) is 0 Å². The van der Waals surface area contributed by atoms with Gasteiger partial charge in [0.25, 0.3) is 5.56 Å². The van der Waals surface area contributed by atoms with E-state index in [2.05, 4.69) is 27.0 Å². The van der Waals surface area contributed by atoms with Crippen molar-refractivity contribution in [3.63, 3.8) is 0 Å². The number of aryl methyl sites for hydroxylation is 2. The van der Waals surface area contributed by atoms with E-state index in [1.165, 1.54) is 27.8 Å². The van der Waals surface area contributed by atoms with Crippen LogP contribution in [0.3, 0.4) is 0 Å². The molecule has 0 spiro atoms. The maximum absolute atomic E-state index is 13.2. The van der Waals surface area contributed by atoms with E-state index in [-0.39, 0.29) is 17.9 Å². The van der Waals surface area contributed by atoms with Crippen LogP contribution in [0.15, 0.2) is 63.4 Å². The molecule has 2 heterocycles. The Morgan fingerprint density at radius 2 is 1.86 bits per heavy atom. The van der Waals surface area contributed by atoms with Gasteiger partial charge in [-0.05, 0) is 37.1 Å². The van der Waals surface area contributed by atoms with Gasteiger partial charge < -0.3 is 0 Å². The average molecular weight is 453 g/mol. The van der Waals surface area contributed by atoms with Crippen molar-refractivity contribution in [3.8, 4) is 11.1 Å². The van der Waals surface area contributed by atoms with E-state index in [0.717, 1.165) is 21.2 Å². The summed E-state index contributed by atoms with van der Waals surface area (Å²) < 4.78 is 2.30. The molecular formula is C22H17BrN2O2S. The fourth-order valence-electron chi connectivity index (χ4n) is 3.28. The number of benzene rings is 2. The third-order valence-corrected chi connectivity index (χ3v) is 6.13. The Kier molecular flexibility index (Phi) is 5.00. The van der Waals surface area contributed by atoms with Gasteiger partial charge in [-0.1, -0.05) is 51.8 Å². The summed E-state index contributed by atoms with van der Waals surface area (Å²) in [5.41, 5.74) is 4.56. The SMILES string of the molecule is Cc1ccc(-c2csc3ncn(CC(=O)c4ccc(Br)cc4)c(=O)c23)c(C)c1. The van der Waals surface area contributed by atoms with E-state index in [1.54, 1.807) is 12.1 Å². The first-order chi connectivity index (χ1) is 13.4. The maximum atomic E-state index is 13.2. The van der Waals surface area contributed by atoms with Crippen molar-refractivity contribution in [2.75, 3.05) is 0 Å². The number of hydrogen-bond donors (Lipinski definition) is 0. The summed E-state index contributed by atoms with van der Waals surface area (Å²) in [5, 5.41) is 2.54. The topological polar surface area (TPSA) is 52.0 Å². The summed E-state index contributed by atoms with van der Waals surface area (Å²) >= 11 is 4.81. The van der Waals surface area contributed by atoms with E-state index in [9.17, 15) is 9.59 Å². The molecule has 28 heavy (non-hydrogen) atoms. The van der Waals surface area contributed by atoms with E-state index >= 15 is 0 Å². The molecule has 0 saturated carbocycles. The molecule has 0 radical (unpaired) electrons. The summed E-state index contributed by atoms with van der Waals surface area (Å²) in [6.07, 6.45) is 1.46. The van der Waals surface area contributed by atoms with Gasteiger partial charge in [0.2, 0.25) is 0 Å². The quantitative estimate of drug-likeness (QED) is 0.390. The number of ketones is 1. The van der Waals surface area contributed by atoms with Crippen LogP contribution in [0.25, 0.3) is 21.3 Å². The fourth-order valence-corrected chi connectivity index (χ4v) is 4.44. The molecular weight excluding hydrogens is 436 g/mol. The molecule has 0 aliphatic heterocycles. The van der Waals surface area contributed by atoms with Crippen molar-refractivity contribution in [2.45, 2.75) is 20.4 Å². The molecule has 0 atom stereocenters. The van der Waals surface area contributed by atoms with Gasteiger partial charge in [0, 0.05) is 21.0 Å². The summed E-state index contributed by atoms with van der Waals surface area (Å²) in [4.78, 5) is 30.9. The molecule has 4 aromatic rings. The van der Waals surface area contributed by atoms with Gasteiger partial charge in [0.05, 0.1) is 18.3 Å². The largest absolute Gasteiger partial charge is 0.292 e. The number of Topliss-reactive ketones (excluding diaryl/α,β-unsaturated/α-hetero) is 1. The second-order valence-electron chi connectivity index (χ2n) is 6.76. The predicted molar refractivity (Wildman–Crippen MR) is 117 cm³/mol. The van der Waals surface area contributed by atoms with Gasteiger partial charge >= 0.3 is 0 Å². The first-order valence-corrected chi connectivity index (χ1v) is 10.4. The van der Waals surface area contributed by atoms with Crippen LogP contribution < -0.4 is 5.56 Å². The van der Waals surface area contributed by atoms with Gasteiger partial charge in [-0.25, -0.2) is 4.98 Å². The smallest absolute Gasteiger partial charge is 0.263 e. The number of carbonyl (C=O) groups excluding carboxylic acids is 1. The van der Waals surface area contributed by atoms with Gasteiger partial charge in [-0.15, -0.1) is 11.3 Å². The minimum Gasteiger partial charge on any atom is -0.292 e. The van der Waals surface area contributed by atoms with Crippen LogP contribution in [0, 0.1) is 13.8 Å². The van der Waals surface area contributed by atoms with Crippen LogP contribution in [0.1, 0.15) is 21.5 Å². The molecule has 0 unspecified atom stereocenters. The van der Waals surface area contributed by atoms with Crippen molar-refractivity contribution >= 4 is 43.3 Å². The first-order valence-electron chi connectivity index (χ1n) is 8.77. The first kappa shape index (κ1) is 18.8. The minimum atomic E-state index is -0.188. The molecule has 4 rings (SSSR count). The predicted octanol–water partition coefficient (Wildman–Crippen LogP) is 5.39. The number of rotatable bonds is 4. The van der Waals surface area contributed by atoms with E-state index in [1.807, 2.05) is 43.5 Å². The highest BCUT2D eigenvalue weighted by Crippen LogP contribution is 2.33. The Hall–Kier alpha value is -2.57. The Bertz CT molecular complexity index is 1260. The van der Waals surface area contributed by atoms with E-state index < -0.39 is 0 Å². The van der Waals surface area contributed by atoms with Gasteiger partial charge in [0.1, 0.15) is 4.83 Å². The van der Waals surface area contributed by atoms with Crippen molar-refractivity contribution in [1.82, 2.24) is 9.55 Å². The summed E-state index contributed by atoms with van der Waals surface area (Å²) in [5.74, 6) is -0.126. The zero-order valence-electron chi connectivity index (χ0n) is 15.4. The summed E-state index contributed by atoms with van der Waals surface area (Å²) in [6, 6.07) is 13.3. The molecule has 0 fully saturated rings. The molecule has 0 aliphatic rings. The molecule has 0 N–H and O–H groups in total.